The third-order valence-electron chi connectivity index (χ3n) is 6.88. The molecule has 0 saturated heterocycles. The highest BCUT2D eigenvalue weighted by Gasteiger charge is 2.34. The molecule has 44 heavy (non-hydrogen) atoms. The minimum absolute atomic E-state index is 0.192. The standard InChI is InChI=1S/C33H30Br2N2O6S/c1-5-41-27-17-22(10-14-26(27)40-4)30-29(32(39)42-6-2)19(3)36-33-37(30)31(38)28(44-33)16-21-9-13-25(24(35)15-21)43-18-20-7-11-23(34)12-8-20/h7-17,30H,5-6,18H2,1-4H3/b28-16-/t30-/m0/s1. The number of thiazole rings is 1. The van der Waals surface area contributed by atoms with E-state index in [0.717, 1.165) is 20.1 Å². The number of nitrogens with zero attached hydrogens (tertiary/aromatic N) is 2. The first-order valence-corrected chi connectivity index (χ1v) is 16.3. The topological polar surface area (TPSA) is 88.4 Å². The monoisotopic (exact) mass is 740 g/mol. The Morgan fingerprint density at radius 2 is 1.73 bits per heavy atom. The molecule has 3 aromatic carbocycles. The van der Waals surface area contributed by atoms with Gasteiger partial charge in [0.1, 0.15) is 12.4 Å². The number of methoxy groups -OCH3 is 1. The van der Waals surface area contributed by atoms with Crippen molar-refractivity contribution in [2.75, 3.05) is 20.3 Å². The summed E-state index contributed by atoms with van der Waals surface area (Å²) in [5.41, 5.74) is 3.04. The highest BCUT2D eigenvalue weighted by atomic mass is 79.9. The second-order valence-corrected chi connectivity index (χ2v) is 12.5. The van der Waals surface area contributed by atoms with E-state index >= 15 is 0 Å². The molecule has 8 nitrogen and oxygen atoms in total. The Balaban J connectivity index is 1.55. The quantitative estimate of drug-likeness (QED) is 0.177. The molecule has 5 rings (SSSR count). The minimum atomic E-state index is -0.765. The third-order valence-corrected chi connectivity index (χ3v) is 9.01. The van der Waals surface area contributed by atoms with Crippen LogP contribution in [0.2, 0.25) is 0 Å². The lowest BCUT2D eigenvalue weighted by molar-refractivity contribution is -0.139. The summed E-state index contributed by atoms with van der Waals surface area (Å²) < 4.78 is 26.5. The van der Waals surface area contributed by atoms with Crippen molar-refractivity contribution < 1.29 is 23.7 Å². The molecule has 0 unspecified atom stereocenters. The van der Waals surface area contributed by atoms with E-state index in [9.17, 15) is 9.59 Å². The van der Waals surface area contributed by atoms with E-state index in [0.29, 0.717) is 56.6 Å². The predicted octanol–water partition coefficient (Wildman–Crippen LogP) is 6.31. The molecular weight excluding hydrogens is 712 g/mol. The van der Waals surface area contributed by atoms with Gasteiger partial charge in [0.05, 0.1) is 46.6 Å². The molecule has 0 saturated carbocycles. The summed E-state index contributed by atoms with van der Waals surface area (Å²) in [5.74, 6) is 1.23. The van der Waals surface area contributed by atoms with Crippen LogP contribution in [0.5, 0.6) is 17.2 Å². The van der Waals surface area contributed by atoms with E-state index in [-0.39, 0.29) is 12.2 Å². The number of hydrogen-bond acceptors (Lipinski definition) is 8. The molecule has 1 aliphatic rings. The number of benzene rings is 3. The molecule has 1 atom stereocenters. The normalized spacial score (nSPS) is 14.6. The third kappa shape index (κ3) is 6.69. The van der Waals surface area contributed by atoms with Crippen LogP contribution < -0.4 is 29.1 Å². The fourth-order valence-corrected chi connectivity index (χ4v) is 6.68. The van der Waals surface area contributed by atoms with Gasteiger partial charge in [-0.15, -0.1) is 0 Å². The molecule has 1 aromatic heterocycles. The van der Waals surface area contributed by atoms with Gasteiger partial charge in [-0.1, -0.05) is 51.5 Å². The molecule has 11 heteroatoms. The van der Waals surface area contributed by atoms with Crippen LogP contribution in [0.1, 0.15) is 43.5 Å². The molecule has 0 aliphatic carbocycles. The summed E-state index contributed by atoms with van der Waals surface area (Å²) in [6, 6.07) is 18.2. The Hall–Kier alpha value is -3.67. The van der Waals surface area contributed by atoms with E-state index in [1.54, 1.807) is 37.7 Å². The number of aromatic nitrogens is 1. The SMILES string of the molecule is CCOC(=O)C1=C(C)N=c2s/c(=C\c3ccc(OCc4ccc(Br)cc4)c(Br)c3)c(=O)n2[C@H]1c1ccc(OC)c(OCC)c1. The van der Waals surface area contributed by atoms with Crippen molar-refractivity contribution in [1.29, 1.82) is 0 Å². The lowest BCUT2D eigenvalue weighted by Crippen LogP contribution is -2.40. The number of allylic oxidation sites excluding steroid dienone is 1. The molecule has 228 valence electrons. The Labute approximate surface area is 275 Å². The number of rotatable bonds is 10. The van der Waals surface area contributed by atoms with Crippen molar-refractivity contribution in [3.8, 4) is 17.2 Å². The molecule has 4 aromatic rings. The zero-order chi connectivity index (χ0) is 31.4. The lowest BCUT2D eigenvalue weighted by atomic mass is 9.95. The molecule has 0 radical (unpaired) electrons. The zero-order valence-electron chi connectivity index (χ0n) is 24.6. The van der Waals surface area contributed by atoms with Gasteiger partial charge in [0.25, 0.3) is 5.56 Å². The van der Waals surface area contributed by atoms with Crippen LogP contribution in [-0.2, 0) is 16.1 Å². The van der Waals surface area contributed by atoms with Gasteiger partial charge in [-0.25, -0.2) is 9.79 Å². The molecule has 1 aliphatic heterocycles. The van der Waals surface area contributed by atoms with Crippen molar-refractivity contribution in [3.63, 3.8) is 0 Å². The van der Waals surface area contributed by atoms with Gasteiger partial charge in [-0.3, -0.25) is 9.36 Å². The van der Waals surface area contributed by atoms with Gasteiger partial charge in [0.2, 0.25) is 0 Å². The van der Waals surface area contributed by atoms with Crippen molar-refractivity contribution in [3.05, 3.63) is 117 Å². The summed E-state index contributed by atoms with van der Waals surface area (Å²) in [5, 5.41) is 0. The summed E-state index contributed by atoms with van der Waals surface area (Å²) in [7, 11) is 1.56. The Kier molecular flexibility index (Phi) is 10.1. The Morgan fingerprint density at radius 1 is 0.977 bits per heavy atom. The van der Waals surface area contributed by atoms with E-state index in [1.807, 2.05) is 61.5 Å². The number of ether oxygens (including phenoxy) is 4. The largest absolute Gasteiger partial charge is 0.493 e. The second kappa shape index (κ2) is 14.0. The summed E-state index contributed by atoms with van der Waals surface area (Å²) in [6.07, 6.45) is 1.81. The van der Waals surface area contributed by atoms with E-state index < -0.39 is 12.0 Å². The van der Waals surface area contributed by atoms with Gasteiger partial charge < -0.3 is 18.9 Å². The molecular formula is C33H30Br2N2O6S. The summed E-state index contributed by atoms with van der Waals surface area (Å²) >= 11 is 8.32. The molecule has 0 N–H and O–H groups in total. The van der Waals surface area contributed by atoms with Crippen LogP contribution in [0.4, 0.5) is 0 Å². The maximum Gasteiger partial charge on any atom is 0.338 e. The fourth-order valence-electron chi connectivity index (χ4n) is 4.86. The first-order chi connectivity index (χ1) is 21.2. The highest BCUT2D eigenvalue weighted by Crippen LogP contribution is 2.36. The molecule has 0 bridgehead atoms. The fraction of sp³-hybridized carbons (Fsp3) is 0.242. The second-order valence-electron chi connectivity index (χ2n) is 9.75. The summed E-state index contributed by atoms with van der Waals surface area (Å²) in [4.78, 5) is 32.4. The maximum atomic E-state index is 14.0. The van der Waals surface area contributed by atoms with Crippen molar-refractivity contribution in [2.45, 2.75) is 33.4 Å². The Bertz CT molecular complexity index is 1910. The highest BCUT2D eigenvalue weighted by molar-refractivity contribution is 9.10. The van der Waals surface area contributed by atoms with Gasteiger partial charge in [-0.2, -0.15) is 0 Å². The van der Waals surface area contributed by atoms with Gasteiger partial charge >= 0.3 is 5.97 Å². The Morgan fingerprint density at radius 3 is 2.41 bits per heavy atom. The van der Waals surface area contributed by atoms with Gasteiger partial charge in [-0.05, 0) is 95.9 Å². The molecule has 0 fully saturated rings. The van der Waals surface area contributed by atoms with Gasteiger partial charge in [0.15, 0.2) is 16.3 Å². The average Bonchev–Trinajstić information content (AvgIpc) is 3.30. The molecule has 2 heterocycles. The number of carbonyl (C=O) groups excluding carboxylic acids is 1. The number of fused-ring (bicyclic) bond motifs is 1. The van der Waals surface area contributed by atoms with Crippen molar-refractivity contribution in [2.24, 2.45) is 4.99 Å². The summed E-state index contributed by atoms with van der Waals surface area (Å²) in [6.45, 7) is 6.41. The number of esters is 1. The van der Waals surface area contributed by atoms with E-state index in [2.05, 4.69) is 36.9 Å². The number of carbonyl (C=O) groups is 1. The van der Waals surface area contributed by atoms with Crippen LogP contribution in [0, 0.1) is 0 Å². The first kappa shape index (κ1) is 31.7. The van der Waals surface area contributed by atoms with E-state index in [1.165, 1.54) is 11.3 Å². The van der Waals surface area contributed by atoms with Gasteiger partial charge in [0, 0.05) is 4.47 Å². The molecule has 0 amide bonds. The maximum absolute atomic E-state index is 14.0. The minimum Gasteiger partial charge on any atom is -0.493 e. The van der Waals surface area contributed by atoms with Crippen LogP contribution in [0.25, 0.3) is 6.08 Å². The zero-order valence-corrected chi connectivity index (χ0v) is 28.5. The molecule has 0 spiro atoms. The number of halogens is 2. The first-order valence-electron chi connectivity index (χ1n) is 13.9. The van der Waals surface area contributed by atoms with Crippen LogP contribution >= 0.6 is 43.2 Å². The number of hydrogen-bond donors (Lipinski definition) is 0. The average molecular weight is 742 g/mol. The lowest BCUT2D eigenvalue weighted by Gasteiger charge is -2.25. The van der Waals surface area contributed by atoms with Crippen LogP contribution in [-0.4, -0.2) is 30.9 Å². The smallest absolute Gasteiger partial charge is 0.338 e. The van der Waals surface area contributed by atoms with Crippen LogP contribution in [0.15, 0.2) is 90.7 Å². The van der Waals surface area contributed by atoms with Crippen LogP contribution in [0.3, 0.4) is 0 Å². The van der Waals surface area contributed by atoms with E-state index in [4.69, 9.17) is 18.9 Å². The van der Waals surface area contributed by atoms with Crippen molar-refractivity contribution in [1.82, 2.24) is 4.57 Å². The predicted molar refractivity (Wildman–Crippen MR) is 177 cm³/mol. The van der Waals surface area contributed by atoms with Crippen molar-refractivity contribution >= 4 is 55.2 Å².